The van der Waals surface area contributed by atoms with Crippen molar-refractivity contribution in [1.82, 2.24) is 25.8 Å². The molecule has 4 N–H and O–H groups in total. The van der Waals surface area contributed by atoms with E-state index in [1.54, 1.807) is 0 Å². The zero-order valence-corrected chi connectivity index (χ0v) is 16.8. The molecular formula is C19H23BrN6O. The van der Waals surface area contributed by atoms with Crippen molar-refractivity contribution in [2.45, 2.75) is 32.4 Å². The molecule has 0 spiro atoms. The van der Waals surface area contributed by atoms with E-state index < -0.39 is 0 Å². The maximum Gasteiger partial charge on any atom is 0.315 e. The van der Waals surface area contributed by atoms with Gasteiger partial charge < -0.3 is 20.5 Å². The smallest absolute Gasteiger partial charge is 0.315 e. The summed E-state index contributed by atoms with van der Waals surface area (Å²) in [5.41, 5.74) is 3.12. The molecule has 0 radical (unpaired) electrons. The number of H-pyrrole nitrogens is 2. The van der Waals surface area contributed by atoms with E-state index in [0.717, 1.165) is 58.5 Å². The summed E-state index contributed by atoms with van der Waals surface area (Å²) >= 11 is 3.48. The summed E-state index contributed by atoms with van der Waals surface area (Å²) in [6, 6.07) is 10.3. The number of hydrogen-bond acceptors (Lipinski definition) is 3. The van der Waals surface area contributed by atoms with Crippen molar-refractivity contribution in [3.05, 3.63) is 46.2 Å². The number of fused-ring (bicyclic) bond motifs is 1. The van der Waals surface area contributed by atoms with Gasteiger partial charge in [0, 0.05) is 52.0 Å². The van der Waals surface area contributed by atoms with E-state index in [2.05, 4.69) is 64.8 Å². The molecule has 2 amide bonds. The van der Waals surface area contributed by atoms with Crippen molar-refractivity contribution in [2.24, 2.45) is 0 Å². The Morgan fingerprint density at radius 2 is 2.11 bits per heavy atom. The monoisotopic (exact) mass is 430 g/mol. The largest absolute Gasteiger partial charge is 0.357 e. The molecule has 0 saturated carbocycles. The van der Waals surface area contributed by atoms with Gasteiger partial charge in [-0.1, -0.05) is 15.9 Å². The quantitative estimate of drug-likeness (QED) is 0.511. The minimum Gasteiger partial charge on any atom is -0.357 e. The number of nitrogens with zero attached hydrogens (tertiary/aromatic N) is 2. The van der Waals surface area contributed by atoms with Crippen LogP contribution in [0.5, 0.6) is 0 Å². The van der Waals surface area contributed by atoms with Crippen LogP contribution in [0, 0.1) is 6.92 Å². The minimum atomic E-state index is -0.121. The molecule has 0 aliphatic carbocycles. The van der Waals surface area contributed by atoms with Crippen LogP contribution in [0.25, 0.3) is 10.9 Å². The lowest BCUT2D eigenvalue weighted by molar-refractivity contribution is 0.234. The Labute approximate surface area is 166 Å². The van der Waals surface area contributed by atoms with E-state index in [0.29, 0.717) is 6.54 Å². The van der Waals surface area contributed by atoms with E-state index in [9.17, 15) is 4.79 Å². The number of anilines is 1. The van der Waals surface area contributed by atoms with Crippen LogP contribution < -0.4 is 15.5 Å². The first-order valence-corrected chi connectivity index (χ1v) is 9.94. The molecule has 0 unspecified atom stereocenters. The van der Waals surface area contributed by atoms with Crippen LogP contribution in [0.2, 0.25) is 0 Å². The zero-order chi connectivity index (χ0) is 18.8. The molecule has 1 saturated heterocycles. The molecule has 1 aliphatic heterocycles. The fourth-order valence-electron chi connectivity index (χ4n) is 3.49. The van der Waals surface area contributed by atoms with Crippen LogP contribution >= 0.6 is 15.9 Å². The van der Waals surface area contributed by atoms with Crippen LogP contribution in [-0.4, -0.2) is 40.3 Å². The van der Waals surface area contributed by atoms with E-state index in [1.807, 2.05) is 19.1 Å². The van der Waals surface area contributed by atoms with Gasteiger partial charge in [0.05, 0.1) is 6.54 Å². The highest BCUT2D eigenvalue weighted by atomic mass is 79.9. The summed E-state index contributed by atoms with van der Waals surface area (Å²) < 4.78 is 1.04. The molecule has 2 aromatic heterocycles. The Morgan fingerprint density at radius 1 is 1.30 bits per heavy atom. The fraction of sp³-hybridized carbons (Fsp3) is 0.368. The molecule has 3 aromatic rings. The number of rotatable bonds is 4. The number of aromatic nitrogens is 3. The summed E-state index contributed by atoms with van der Waals surface area (Å²) in [7, 11) is 0. The van der Waals surface area contributed by atoms with Crippen molar-refractivity contribution in [1.29, 1.82) is 0 Å². The number of urea groups is 1. The van der Waals surface area contributed by atoms with Crippen LogP contribution in [0.3, 0.4) is 0 Å². The molecule has 3 heterocycles. The molecule has 27 heavy (non-hydrogen) atoms. The third-order valence-corrected chi connectivity index (χ3v) is 5.42. The number of benzene rings is 1. The number of aryl methyl sites for hydroxylation is 1. The summed E-state index contributed by atoms with van der Waals surface area (Å²) in [4.78, 5) is 17.8. The number of carbonyl (C=O) groups excluding carboxylic acids is 1. The highest BCUT2D eigenvalue weighted by Crippen LogP contribution is 2.21. The molecule has 4 rings (SSSR count). The first kappa shape index (κ1) is 17.9. The Morgan fingerprint density at radius 3 is 2.85 bits per heavy atom. The number of aromatic amines is 2. The van der Waals surface area contributed by atoms with Gasteiger partial charge in [-0.25, -0.2) is 4.79 Å². The Kier molecular flexibility index (Phi) is 5.07. The second-order valence-corrected chi connectivity index (χ2v) is 7.94. The molecule has 0 atom stereocenters. The highest BCUT2D eigenvalue weighted by molar-refractivity contribution is 9.10. The van der Waals surface area contributed by atoms with Crippen LogP contribution in [0.4, 0.5) is 10.6 Å². The number of amides is 2. The summed E-state index contributed by atoms with van der Waals surface area (Å²) in [5, 5.41) is 14.4. The predicted octanol–water partition coefficient (Wildman–Crippen LogP) is 3.43. The van der Waals surface area contributed by atoms with Crippen molar-refractivity contribution < 1.29 is 4.79 Å². The summed E-state index contributed by atoms with van der Waals surface area (Å²) in [6.45, 7) is 4.27. The Bertz CT molecular complexity index is 941. The third kappa shape index (κ3) is 4.27. The Hall–Kier alpha value is -2.48. The average molecular weight is 431 g/mol. The van der Waals surface area contributed by atoms with Crippen LogP contribution in [0.15, 0.2) is 34.8 Å². The number of nitrogens with one attached hydrogen (secondary N) is 4. The molecule has 8 heteroatoms. The summed E-state index contributed by atoms with van der Waals surface area (Å²) in [6.07, 6.45) is 1.83. The van der Waals surface area contributed by atoms with Gasteiger partial charge in [0.15, 0.2) is 5.82 Å². The molecule has 1 fully saturated rings. The lowest BCUT2D eigenvalue weighted by atomic mass is 10.1. The van der Waals surface area contributed by atoms with Gasteiger partial charge in [-0.3, -0.25) is 5.10 Å². The molecule has 1 aromatic carbocycles. The van der Waals surface area contributed by atoms with Crippen molar-refractivity contribution in [3.8, 4) is 0 Å². The van der Waals surface area contributed by atoms with Gasteiger partial charge >= 0.3 is 6.03 Å². The topological polar surface area (TPSA) is 88.8 Å². The molecular weight excluding hydrogens is 408 g/mol. The lowest BCUT2D eigenvalue weighted by Crippen LogP contribution is -2.47. The lowest BCUT2D eigenvalue weighted by Gasteiger charge is -2.32. The van der Waals surface area contributed by atoms with Crippen LogP contribution in [-0.2, 0) is 6.54 Å². The van der Waals surface area contributed by atoms with Crippen molar-refractivity contribution >= 4 is 38.7 Å². The fourth-order valence-corrected chi connectivity index (χ4v) is 3.87. The normalized spacial score (nSPS) is 15.3. The predicted molar refractivity (Wildman–Crippen MR) is 110 cm³/mol. The number of carbonyl (C=O) groups is 1. The maximum atomic E-state index is 12.2. The molecule has 1 aliphatic rings. The van der Waals surface area contributed by atoms with Gasteiger partial charge in [0.25, 0.3) is 0 Å². The number of halogens is 1. The first-order chi connectivity index (χ1) is 13.1. The van der Waals surface area contributed by atoms with E-state index in [1.165, 1.54) is 0 Å². The third-order valence-electron chi connectivity index (χ3n) is 4.92. The Balaban J connectivity index is 1.24. The second kappa shape index (κ2) is 7.64. The highest BCUT2D eigenvalue weighted by Gasteiger charge is 2.22. The van der Waals surface area contributed by atoms with Crippen LogP contribution in [0.1, 0.15) is 24.2 Å². The average Bonchev–Trinajstić information content (AvgIpc) is 3.26. The zero-order valence-electron chi connectivity index (χ0n) is 15.2. The standard InChI is InChI=1S/C19H23BrN6O/c1-12-8-18(25-24-12)26-6-4-15(5-7-26)23-19(27)21-11-16-10-13-9-14(20)2-3-17(13)22-16/h2-3,8-10,15,22H,4-7,11H2,1H3,(H,24,25)(H2,21,23,27). The molecule has 142 valence electrons. The second-order valence-electron chi connectivity index (χ2n) is 7.02. The first-order valence-electron chi connectivity index (χ1n) is 9.15. The maximum absolute atomic E-state index is 12.2. The van der Waals surface area contributed by atoms with Gasteiger partial charge in [0.2, 0.25) is 0 Å². The van der Waals surface area contributed by atoms with E-state index in [-0.39, 0.29) is 12.1 Å². The molecule has 0 bridgehead atoms. The van der Waals surface area contributed by atoms with Crippen molar-refractivity contribution in [3.63, 3.8) is 0 Å². The van der Waals surface area contributed by atoms with Gasteiger partial charge in [-0.15, -0.1) is 0 Å². The number of piperidine rings is 1. The molecule has 7 nitrogen and oxygen atoms in total. The van der Waals surface area contributed by atoms with Gasteiger partial charge in [0.1, 0.15) is 0 Å². The summed E-state index contributed by atoms with van der Waals surface area (Å²) in [5.74, 6) is 0.987. The van der Waals surface area contributed by atoms with E-state index >= 15 is 0 Å². The minimum absolute atomic E-state index is 0.121. The SMILES string of the molecule is Cc1cc(N2CCC(NC(=O)NCc3cc4cc(Br)ccc4[nH]3)CC2)n[nH]1. The number of hydrogen-bond donors (Lipinski definition) is 4. The van der Waals surface area contributed by atoms with E-state index in [4.69, 9.17) is 0 Å². The van der Waals surface area contributed by atoms with Crippen molar-refractivity contribution in [2.75, 3.05) is 18.0 Å². The van der Waals surface area contributed by atoms with Gasteiger partial charge in [-0.05, 0) is 44.0 Å². The van der Waals surface area contributed by atoms with Gasteiger partial charge in [-0.2, -0.15) is 5.10 Å².